The van der Waals surface area contributed by atoms with Crippen molar-refractivity contribution in [3.05, 3.63) is 28.7 Å². The zero-order valence-electron chi connectivity index (χ0n) is 9.86. The molecule has 0 spiro atoms. The highest BCUT2D eigenvalue weighted by Crippen LogP contribution is 2.26. The Kier molecular flexibility index (Phi) is 5.67. The highest BCUT2D eigenvalue weighted by Gasteiger charge is 2.24. The van der Waals surface area contributed by atoms with Gasteiger partial charge in [-0.25, -0.2) is 8.42 Å². The van der Waals surface area contributed by atoms with Crippen LogP contribution in [0.15, 0.2) is 33.6 Å². The van der Waals surface area contributed by atoms with E-state index in [0.29, 0.717) is 20.6 Å². The van der Waals surface area contributed by atoms with Gasteiger partial charge in [0.1, 0.15) is 0 Å². The number of alkyl halides is 1. The van der Waals surface area contributed by atoms with Gasteiger partial charge in [-0.1, -0.05) is 41.9 Å². The van der Waals surface area contributed by atoms with Crippen molar-refractivity contribution in [3.63, 3.8) is 0 Å². The Morgan fingerprint density at radius 3 is 2.29 bits per heavy atom. The number of sulfone groups is 1. The number of benzene rings is 1. The lowest BCUT2D eigenvalue weighted by Crippen LogP contribution is -2.22. The molecule has 0 N–H and O–H groups in total. The molecule has 96 valence electrons. The van der Waals surface area contributed by atoms with E-state index in [2.05, 4.69) is 31.9 Å². The van der Waals surface area contributed by atoms with Gasteiger partial charge in [0.05, 0.1) is 10.6 Å². The summed E-state index contributed by atoms with van der Waals surface area (Å²) in [6.45, 7) is 4.09. The maximum absolute atomic E-state index is 12.3. The van der Waals surface area contributed by atoms with Crippen LogP contribution in [-0.4, -0.2) is 19.5 Å². The molecule has 1 rings (SSSR count). The van der Waals surface area contributed by atoms with Crippen LogP contribution in [0.4, 0.5) is 0 Å². The second-order valence-corrected chi connectivity index (χ2v) is 7.87. The van der Waals surface area contributed by atoms with Crippen molar-refractivity contribution in [2.24, 2.45) is 11.8 Å². The first-order valence-corrected chi connectivity index (χ1v) is 8.98. The molecule has 0 aliphatic carbocycles. The summed E-state index contributed by atoms with van der Waals surface area (Å²) >= 11 is 6.67. The molecule has 0 aliphatic rings. The predicted octanol–water partition coefficient (Wildman–Crippen LogP) is 3.89. The smallest absolute Gasteiger partial charge is 0.179 e. The van der Waals surface area contributed by atoms with E-state index in [9.17, 15) is 8.42 Å². The molecular formula is C12H16Br2O2S. The molecule has 0 amide bonds. The first-order valence-electron chi connectivity index (χ1n) is 5.41. The molecule has 0 heterocycles. The maximum atomic E-state index is 12.3. The van der Waals surface area contributed by atoms with E-state index in [-0.39, 0.29) is 11.7 Å². The molecule has 1 aromatic carbocycles. The number of halogens is 2. The average molecular weight is 384 g/mol. The van der Waals surface area contributed by atoms with E-state index in [1.165, 1.54) is 0 Å². The molecule has 0 bridgehead atoms. The van der Waals surface area contributed by atoms with Gasteiger partial charge in [-0.05, 0) is 39.9 Å². The SMILES string of the molecule is CC(C)C(CBr)CS(=O)(=O)c1ccccc1Br. The standard InChI is InChI=1S/C12H16Br2O2S/c1-9(2)10(7-13)8-17(15,16)12-6-4-3-5-11(12)14/h3-6,9-10H,7-8H2,1-2H3. The summed E-state index contributed by atoms with van der Waals surface area (Å²) in [4.78, 5) is 0.381. The molecule has 2 nitrogen and oxygen atoms in total. The van der Waals surface area contributed by atoms with Gasteiger partial charge in [-0.2, -0.15) is 0 Å². The van der Waals surface area contributed by atoms with Crippen molar-refractivity contribution < 1.29 is 8.42 Å². The third-order valence-electron chi connectivity index (χ3n) is 2.75. The first-order chi connectivity index (χ1) is 7.88. The van der Waals surface area contributed by atoms with Gasteiger partial charge in [0.25, 0.3) is 0 Å². The van der Waals surface area contributed by atoms with Crippen LogP contribution in [0.3, 0.4) is 0 Å². The fourth-order valence-corrected chi connectivity index (χ4v) is 5.69. The molecule has 5 heteroatoms. The van der Waals surface area contributed by atoms with Crippen molar-refractivity contribution in [2.75, 3.05) is 11.1 Å². The third-order valence-corrected chi connectivity index (χ3v) is 6.42. The summed E-state index contributed by atoms with van der Waals surface area (Å²) in [6, 6.07) is 6.96. The van der Waals surface area contributed by atoms with Crippen LogP contribution in [0.25, 0.3) is 0 Å². The minimum Gasteiger partial charge on any atom is -0.224 e. The maximum Gasteiger partial charge on any atom is 0.179 e. The molecule has 0 radical (unpaired) electrons. The van der Waals surface area contributed by atoms with Gasteiger partial charge in [-0.15, -0.1) is 0 Å². The lowest BCUT2D eigenvalue weighted by Gasteiger charge is -2.18. The summed E-state index contributed by atoms with van der Waals surface area (Å²) in [7, 11) is -3.22. The molecule has 0 saturated heterocycles. The fraction of sp³-hybridized carbons (Fsp3) is 0.500. The van der Waals surface area contributed by atoms with E-state index < -0.39 is 9.84 Å². The molecule has 0 saturated carbocycles. The Hall–Kier alpha value is 0.130. The lowest BCUT2D eigenvalue weighted by atomic mass is 10.0. The molecule has 0 aliphatic heterocycles. The average Bonchev–Trinajstić information content (AvgIpc) is 2.26. The van der Waals surface area contributed by atoms with E-state index in [1.807, 2.05) is 19.9 Å². The predicted molar refractivity (Wildman–Crippen MR) is 78.3 cm³/mol. The summed E-state index contributed by atoms with van der Waals surface area (Å²) in [5.41, 5.74) is 0. The lowest BCUT2D eigenvalue weighted by molar-refractivity contribution is 0.461. The van der Waals surface area contributed by atoms with Gasteiger partial charge in [0.2, 0.25) is 0 Å². The minimum absolute atomic E-state index is 0.132. The number of hydrogen-bond acceptors (Lipinski definition) is 2. The zero-order chi connectivity index (χ0) is 13.1. The monoisotopic (exact) mass is 382 g/mol. The summed E-state index contributed by atoms with van der Waals surface area (Å²) in [6.07, 6.45) is 0. The highest BCUT2D eigenvalue weighted by atomic mass is 79.9. The number of rotatable bonds is 5. The Morgan fingerprint density at radius 2 is 1.82 bits per heavy atom. The Balaban J connectivity index is 3.01. The van der Waals surface area contributed by atoms with Crippen molar-refractivity contribution in [2.45, 2.75) is 18.7 Å². The molecular weight excluding hydrogens is 368 g/mol. The number of hydrogen-bond donors (Lipinski definition) is 0. The van der Waals surface area contributed by atoms with E-state index in [0.717, 1.165) is 0 Å². The van der Waals surface area contributed by atoms with Gasteiger partial charge < -0.3 is 0 Å². The second-order valence-electron chi connectivity index (χ2n) is 4.37. The summed E-state index contributed by atoms with van der Waals surface area (Å²) in [5.74, 6) is 0.650. The van der Waals surface area contributed by atoms with Crippen molar-refractivity contribution in [3.8, 4) is 0 Å². The summed E-state index contributed by atoms with van der Waals surface area (Å²) in [5, 5.41) is 0.703. The van der Waals surface area contributed by atoms with Crippen molar-refractivity contribution in [1.82, 2.24) is 0 Å². The van der Waals surface area contributed by atoms with E-state index in [4.69, 9.17) is 0 Å². The van der Waals surface area contributed by atoms with Crippen molar-refractivity contribution in [1.29, 1.82) is 0 Å². The molecule has 1 unspecified atom stereocenters. The molecule has 1 atom stereocenters. The molecule has 1 aromatic rings. The topological polar surface area (TPSA) is 34.1 Å². The Morgan fingerprint density at radius 1 is 1.24 bits per heavy atom. The van der Waals surface area contributed by atoms with Crippen molar-refractivity contribution >= 4 is 41.7 Å². The van der Waals surface area contributed by atoms with Crippen LogP contribution in [0.2, 0.25) is 0 Å². The van der Waals surface area contributed by atoms with Crippen LogP contribution < -0.4 is 0 Å². The molecule has 0 fully saturated rings. The quantitative estimate of drug-likeness (QED) is 0.722. The van der Waals surface area contributed by atoms with E-state index in [1.54, 1.807) is 18.2 Å². The minimum atomic E-state index is -3.22. The van der Waals surface area contributed by atoms with Crippen LogP contribution >= 0.6 is 31.9 Å². The van der Waals surface area contributed by atoms with Gasteiger partial charge in [-0.3, -0.25) is 0 Å². The fourth-order valence-electron chi connectivity index (χ4n) is 1.48. The van der Waals surface area contributed by atoms with E-state index >= 15 is 0 Å². The Bertz CT molecular complexity index is 469. The van der Waals surface area contributed by atoms with Crippen LogP contribution in [0, 0.1) is 11.8 Å². The first kappa shape index (κ1) is 15.2. The van der Waals surface area contributed by atoms with Gasteiger partial charge in [0, 0.05) is 9.80 Å². The normalized spacial score (nSPS) is 13.9. The zero-order valence-corrected chi connectivity index (χ0v) is 13.8. The van der Waals surface area contributed by atoms with Crippen LogP contribution in [-0.2, 0) is 9.84 Å². The largest absolute Gasteiger partial charge is 0.224 e. The van der Waals surface area contributed by atoms with Gasteiger partial charge >= 0.3 is 0 Å². The summed E-state index contributed by atoms with van der Waals surface area (Å²) < 4.78 is 25.2. The second kappa shape index (κ2) is 6.34. The highest BCUT2D eigenvalue weighted by molar-refractivity contribution is 9.10. The van der Waals surface area contributed by atoms with Gasteiger partial charge in [0.15, 0.2) is 9.84 Å². The molecule has 0 aromatic heterocycles. The molecule has 17 heavy (non-hydrogen) atoms. The Labute approximate surface area is 120 Å². The van der Waals surface area contributed by atoms with Crippen LogP contribution in [0.5, 0.6) is 0 Å². The van der Waals surface area contributed by atoms with Crippen LogP contribution in [0.1, 0.15) is 13.8 Å². The third kappa shape index (κ3) is 4.07.